The van der Waals surface area contributed by atoms with Crippen molar-refractivity contribution in [3.8, 4) is 0 Å². The second kappa shape index (κ2) is 8.20. The van der Waals surface area contributed by atoms with E-state index in [1.165, 1.54) is 37.2 Å². The van der Waals surface area contributed by atoms with Crippen LogP contribution in [0.2, 0.25) is 0 Å². The molecule has 1 saturated heterocycles. The van der Waals surface area contributed by atoms with Crippen molar-refractivity contribution in [2.24, 2.45) is 10.7 Å². The van der Waals surface area contributed by atoms with E-state index in [0.717, 1.165) is 22.6 Å². The standard InChI is InChI=1S/C20H21F2N7O4S/c1-24-19(31)29-9-16-20(10-29,27-18(23)28(2)34(16,32)33)13-7-12(4-5-14(13)22)26-17(30)15-6-3-11(21)8-25-15/h3-8,16H,9-10H2,1-2H3,(H2,23,27)(H,24,31)(H,26,30). The van der Waals surface area contributed by atoms with E-state index in [4.69, 9.17) is 5.73 Å². The summed E-state index contributed by atoms with van der Waals surface area (Å²) in [5, 5.41) is 3.62. The summed E-state index contributed by atoms with van der Waals surface area (Å²) in [5.41, 5.74) is 4.01. The van der Waals surface area contributed by atoms with Crippen LogP contribution in [0.1, 0.15) is 16.1 Å². The smallest absolute Gasteiger partial charge is 0.317 e. The first kappa shape index (κ1) is 23.4. The summed E-state index contributed by atoms with van der Waals surface area (Å²) in [5.74, 6) is -2.46. The van der Waals surface area contributed by atoms with Gasteiger partial charge >= 0.3 is 6.03 Å². The van der Waals surface area contributed by atoms with E-state index in [0.29, 0.717) is 0 Å². The Labute approximate surface area is 193 Å². The largest absolute Gasteiger partial charge is 0.369 e. The zero-order valence-electron chi connectivity index (χ0n) is 18.1. The molecule has 11 nitrogen and oxygen atoms in total. The molecule has 1 aromatic heterocycles. The van der Waals surface area contributed by atoms with Crippen molar-refractivity contribution in [1.29, 1.82) is 0 Å². The van der Waals surface area contributed by atoms with E-state index in [1.807, 2.05) is 0 Å². The molecule has 0 spiro atoms. The number of benzene rings is 1. The zero-order valence-corrected chi connectivity index (χ0v) is 18.9. The number of fused-ring (bicyclic) bond motifs is 1. The average Bonchev–Trinajstić information content (AvgIpc) is 3.20. The fraction of sp³-hybridized carbons (Fsp3) is 0.300. The maximum absolute atomic E-state index is 15.2. The highest BCUT2D eigenvalue weighted by molar-refractivity contribution is 7.90. The van der Waals surface area contributed by atoms with Crippen LogP contribution in [0.3, 0.4) is 0 Å². The zero-order chi connectivity index (χ0) is 24.8. The number of nitrogens with zero attached hydrogens (tertiary/aromatic N) is 4. The molecule has 0 saturated carbocycles. The first-order chi connectivity index (χ1) is 16.0. The van der Waals surface area contributed by atoms with Gasteiger partial charge in [-0.05, 0) is 30.3 Å². The Kier molecular flexibility index (Phi) is 5.63. The number of urea groups is 1. The lowest BCUT2D eigenvalue weighted by Crippen LogP contribution is -2.57. The van der Waals surface area contributed by atoms with Gasteiger partial charge in [-0.2, -0.15) is 0 Å². The van der Waals surface area contributed by atoms with Gasteiger partial charge in [0.25, 0.3) is 5.91 Å². The molecule has 1 aromatic carbocycles. The van der Waals surface area contributed by atoms with Gasteiger partial charge in [0.2, 0.25) is 16.0 Å². The quantitative estimate of drug-likeness (QED) is 0.564. The monoisotopic (exact) mass is 493 g/mol. The van der Waals surface area contributed by atoms with Crippen molar-refractivity contribution >= 4 is 33.6 Å². The molecule has 2 unspecified atom stereocenters. The molecule has 1 fully saturated rings. The van der Waals surface area contributed by atoms with Gasteiger partial charge in [-0.1, -0.05) is 0 Å². The molecule has 34 heavy (non-hydrogen) atoms. The number of anilines is 1. The third-order valence-corrected chi connectivity index (χ3v) is 8.09. The van der Waals surface area contributed by atoms with Gasteiger partial charge in [0, 0.05) is 31.9 Å². The highest BCUT2D eigenvalue weighted by Gasteiger charge is 2.60. The summed E-state index contributed by atoms with van der Waals surface area (Å²) in [6.45, 7) is -0.516. The van der Waals surface area contributed by atoms with Crippen molar-refractivity contribution in [3.63, 3.8) is 0 Å². The predicted octanol–water partition coefficient (Wildman–Crippen LogP) is 0.421. The van der Waals surface area contributed by atoms with Crippen molar-refractivity contribution in [2.75, 3.05) is 32.5 Å². The van der Waals surface area contributed by atoms with Crippen LogP contribution in [0.15, 0.2) is 41.5 Å². The van der Waals surface area contributed by atoms with E-state index in [1.54, 1.807) is 0 Å². The first-order valence-corrected chi connectivity index (χ1v) is 11.5. The number of aromatic nitrogens is 1. The van der Waals surface area contributed by atoms with Gasteiger partial charge in [0.1, 0.15) is 28.1 Å². The minimum absolute atomic E-state index is 0.0842. The maximum atomic E-state index is 15.2. The van der Waals surface area contributed by atoms with E-state index >= 15 is 4.39 Å². The molecule has 0 radical (unpaired) electrons. The number of guanidine groups is 1. The molecule has 2 aliphatic rings. The van der Waals surface area contributed by atoms with Crippen LogP contribution in [-0.2, 0) is 15.6 Å². The molecule has 2 aromatic rings. The van der Waals surface area contributed by atoms with Crippen molar-refractivity contribution in [3.05, 3.63) is 59.4 Å². The van der Waals surface area contributed by atoms with E-state index in [-0.39, 0.29) is 36.0 Å². The molecule has 0 aliphatic carbocycles. The number of hydrogen-bond acceptors (Lipinski definition) is 7. The van der Waals surface area contributed by atoms with Crippen LogP contribution in [0.4, 0.5) is 19.3 Å². The summed E-state index contributed by atoms with van der Waals surface area (Å²) >= 11 is 0. The molecule has 180 valence electrons. The molecule has 2 atom stereocenters. The van der Waals surface area contributed by atoms with Gasteiger partial charge in [-0.25, -0.2) is 36.3 Å². The van der Waals surface area contributed by atoms with Crippen LogP contribution >= 0.6 is 0 Å². The summed E-state index contributed by atoms with van der Waals surface area (Å²) in [4.78, 5) is 34.1. The molecule has 0 bridgehead atoms. The summed E-state index contributed by atoms with van der Waals surface area (Å²) in [6, 6.07) is 5.24. The van der Waals surface area contributed by atoms with Crippen LogP contribution in [0.25, 0.3) is 0 Å². The second-order valence-electron chi connectivity index (χ2n) is 7.84. The van der Waals surface area contributed by atoms with Gasteiger partial charge in [0.15, 0.2) is 0 Å². The lowest BCUT2D eigenvalue weighted by Gasteiger charge is -2.38. The third kappa shape index (κ3) is 3.69. The van der Waals surface area contributed by atoms with Crippen molar-refractivity contribution in [1.82, 2.24) is 19.5 Å². The highest BCUT2D eigenvalue weighted by atomic mass is 32.2. The number of carbonyl (C=O) groups excluding carboxylic acids is 2. The Balaban J connectivity index is 1.80. The fourth-order valence-corrected chi connectivity index (χ4v) is 5.92. The van der Waals surface area contributed by atoms with Gasteiger partial charge < -0.3 is 21.3 Å². The number of halogens is 2. The summed E-state index contributed by atoms with van der Waals surface area (Å²) < 4.78 is 55.5. The van der Waals surface area contributed by atoms with Crippen LogP contribution < -0.4 is 16.4 Å². The van der Waals surface area contributed by atoms with E-state index in [2.05, 4.69) is 20.6 Å². The van der Waals surface area contributed by atoms with Gasteiger partial charge in [-0.3, -0.25) is 4.79 Å². The molecule has 4 N–H and O–H groups in total. The molecular weight excluding hydrogens is 472 g/mol. The molecular formula is C20H21F2N7O4S. The minimum atomic E-state index is -4.11. The topological polar surface area (TPSA) is 150 Å². The SMILES string of the molecule is CNC(=O)N1CC2C(c3cc(NC(=O)c4ccc(F)cn4)ccc3F)(C1)N=C(N)N(C)S2(=O)=O. The molecule has 3 heterocycles. The molecule has 4 rings (SSSR count). The Hall–Kier alpha value is -3.81. The van der Waals surface area contributed by atoms with E-state index in [9.17, 15) is 22.4 Å². The second-order valence-corrected chi connectivity index (χ2v) is 9.99. The van der Waals surface area contributed by atoms with Crippen molar-refractivity contribution < 1.29 is 26.8 Å². The highest BCUT2D eigenvalue weighted by Crippen LogP contribution is 2.45. The maximum Gasteiger partial charge on any atom is 0.317 e. The summed E-state index contributed by atoms with van der Waals surface area (Å²) in [6.07, 6.45) is 0.876. The number of carbonyl (C=O) groups is 2. The van der Waals surface area contributed by atoms with Crippen LogP contribution in [-0.4, -0.2) is 72.9 Å². The predicted molar refractivity (Wildman–Crippen MR) is 118 cm³/mol. The van der Waals surface area contributed by atoms with E-state index < -0.39 is 44.4 Å². The number of pyridine rings is 1. The molecule has 3 amide bonds. The number of likely N-dealkylation sites (tertiary alicyclic amines) is 1. The Bertz CT molecular complexity index is 1300. The number of nitrogens with one attached hydrogen (secondary N) is 2. The lowest BCUT2D eigenvalue weighted by molar-refractivity contribution is 0.102. The Morgan fingerprint density at radius 1 is 1.24 bits per heavy atom. The Morgan fingerprint density at radius 2 is 1.97 bits per heavy atom. The number of nitrogens with two attached hydrogens (primary N) is 1. The van der Waals surface area contributed by atoms with Gasteiger partial charge in [0.05, 0.1) is 12.7 Å². The number of sulfonamides is 1. The molecule has 14 heteroatoms. The number of amides is 3. The fourth-order valence-electron chi connectivity index (χ4n) is 4.12. The number of rotatable bonds is 3. The average molecular weight is 493 g/mol. The number of hydrogen-bond donors (Lipinski definition) is 3. The van der Waals surface area contributed by atoms with Gasteiger partial charge in [-0.15, -0.1) is 0 Å². The minimum Gasteiger partial charge on any atom is -0.369 e. The molecule has 2 aliphatic heterocycles. The first-order valence-electron chi connectivity index (χ1n) is 10.0. The summed E-state index contributed by atoms with van der Waals surface area (Å²) in [7, 11) is -1.50. The number of aliphatic imine (C=N–C) groups is 1. The van der Waals surface area contributed by atoms with Crippen molar-refractivity contribution in [2.45, 2.75) is 10.8 Å². The Morgan fingerprint density at radius 3 is 2.62 bits per heavy atom. The van der Waals surface area contributed by atoms with Crippen LogP contribution in [0, 0.1) is 11.6 Å². The normalized spacial score (nSPS) is 23.2. The third-order valence-electron chi connectivity index (χ3n) is 5.88. The lowest BCUT2D eigenvalue weighted by atomic mass is 9.88. The van der Waals surface area contributed by atoms with Crippen LogP contribution in [0.5, 0.6) is 0 Å².